The monoisotopic (exact) mass is 393 g/mol. The summed E-state index contributed by atoms with van der Waals surface area (Å²) in [5, 5.41) is 9.55. The SMILES string of the molecule is Cn1cnnc1S(=O)(=O)C1CCN(C(=O)Nc2ccc3c(c2)OCO3)CC1. The van der Waals surface area contributed by atoms with Crippen LogP contribution in [0, 0.1) is 0 Å². The van der Waals surface area contributed by atoms with Crippen molar-refractivity contribution in [2.24, 2.45) is 7.05 Å². The summed E-state index contributed by atoms with van der Waals surface area (Å²) >= 11 is 0. The summed E-state index contributed by atoms with van der Waals surface area (Å²) in [6, 6.07) is 4.89. The predicted molar refractivity (Wildman–Crippen MR) is 94.4 cm³/mol. The molecule has 27 heavy (non-hydrogen) atoms. The molecule has 3 heterocycles. The Balaban J connectivity index is 1.38. The molecular weight excluding hydrogens is 374 g/mol. The normalized spacial score (nSPS) is 17.1. The zero-order chi connectivity index (χ0) is 19.0. The van der Waals surface area contributed by atoms with Crippen LogP contribution in [0.3, 0.4) is 0 Å². The van der Waals surface area contributed by atoms with E-state index in [2.05, 4.69) is 15.5 Å². The zero-order valence-corrected chi connectivity index (χ0v) is 15.5. The number of ether oxygens (including phenoxy) is 2. The van der Waals surface area contributed by atoms with Crippen molar-refractivity contribution in [3.05, 3.63) is 24.5 Å². The second-order valence-electron chi connectivity index (χ2n) is 6.45. The van der Waals surface area contributed by atoms with Gasteiger partial charge >= 0.3 is 6.03 Å². The van der Waals surface area contributed by atoms with Gasteiger partial charge in [0.2, 0.25) is 21.8 Å². The minimum atomic E-state index is -3.56. The van der Waals surface area contributed by atoms with Gasteiger partial charge in [0.15, 0.2) is 11.5 Å². The number of carbonyl (C=O) groups excluding carboxylic acids is 1. The summed E-state index contributed by atoms with van der Waals surface area (Å²) in [5.74, 6) is 1.23. The van der Waals surface area contributed by atoms with Gasteiger partial charge in [0.25, 0.3) is 0 Å². The van der Waals surface area contributed by atoms with E-state index in [1.54, 1.807) is 30.1 Å². The topological polar surface area (TPSA) is 116 Å². The Hall–Kier alpha value is -2.82. The van der Waals surface area contributed by atoms with Gasteiger partial charge in [0.1, 0.15) is 6.33 Å². The molecule has 1 aromatic heterocycles. The summed E-state index contributed by atoms with van der Waals surface area (Å²) in [6.45, 7) is 0.858. The third kappa shape index (κ3) is 3.29. The molecule has 0 saturated carbocycles. The van der Waals surface area contributed by atoms with Crippen molar-refractivity contribution in [2.45, 2.75) is 23.2 Å². The highest BCUT2D eigenvalue weighted by Crippen LogP contribution is 2.34. The highest BCUT2D eigenvalue weighted by atomic mass is 32.2. The number of piperidine rings is 1. The Bertz CT molecular complexity index is 965. The van der Waals surface area contributed by atoms with E-state index in [9.17, 15) is 13.2 Å². The van der Waals surface area contributed by atoms with E-state index in [1.165, 1.54) is 10.9 Å². The standard InChI is InChI=1S/C16H19N5O5S/c1-20-9-17-19-16(20)27(23,24)12-4-6-21(7-5-12)15(22)18-11-2-3-13-14(8-11)26-10-25-13/h2-3,8-9,12H,4-7,10H2,1H3,(H,18,22). The number of fused-ring (bicyclic) bond motifs is 1. The summed E-state index contributed by atoms with van der Waals surface area (Å²) in [7, 11) is -1.97. The fourth-order valence-electron chi connectivity index (χ4n) is 3.23. The van der Waals surface area contributed by atoms with E-state index >= 15 is 0 Å². The molecule has 0 aliphatic carbocycles. The van der Waals surface area contributed by atoms with Gasteiger partial charge in [0, 0.05) is 31.9 Å². The minimum Gasteiger partial charge on any atom is -0.454 e. The van der Waals surface area contributed by atoms with Gasteiger partial charge in [0.05, 0.1) is 5.25 Å². The number of amides is 2. The number of aryl methyl sites for hydroxylation is 1. The van der Waals surface area contributed by atoms with Gasteiger partial charge in [-0.05, 0) is 25.0 Å². The lowest BCUT2D eigenvalue weighted by Crippen LogP contribution is -2.44. The first-order chi connectivity index (χ1) is 12.9. The fourth-order valence-corrected chi connectivity index (χ4v) is 4.96. The van der Waals surface area contributed by atoms with Crippen molar-refractivity contribution in [3.8, 4) is 11.5 Å². The molecule has 2 aliphatic rings. The maximum Gasteiger partial charge on any atom is 0.321 e. The highest BCUT2D eigenvalue weighted by Gasteiger charge is 2.35. The number of aromatic nitrogens is 3. The van der Waals surface area contributed by atoms with Gasteiger partial charge in [-0.15, -0.1) is 10.2 Å². The summed E-state index contributed by atoms with van der Waals surface area (Å²) < 4.78 is 37.3. The molecule has 1 saturated heterocycles. The zero-order valence-electron chi connectivity index (χ0n) is 14.7. The quantitative estimate of drug-likeness (QED) is 0.827. The van der Waals surface area contributed by atoms with Crippen molar-refractivity contribution in [2.75, 3.05) is 25.2 Å². The number of hydrogen-bond donors (Lipinski definition) is 1. The van der Waals surface area contributed by atoms with E-state index in [1.807, 2.05) is 0 Å². The van der Waals surface area contributed by atoms with Gasteiger partial charge in [-0.2, -0.15) is 0 Å². The van der Waals surface area contributed by atoms with Crippen molar-refractivity contribution < 1.29 is 22.7 Å². The number of nitrogens with one attached hydrogen (secondary N) is 1. The maximum atomic E-state index is 12.7. The Labute approximate surface area is 156 Å². The number of benzene rings is 1. The van der Waals surface area contributed by atoms with Crippen LogP contribution in [0.5, 0.6) is 11.5 Å². The second-order valence-corrected chi connectivity index (χ2v) is 8.58. The molecule has 2 amide bonds. The maximum absolute atomic E-state index is 12.7. The van der Waals surface area contributed by atoms with Crippen LogP contribution in [0.4, 0.5) is 10.5 Å². The number of anilines is 1. The summed E-state index contributed by atoms with van der Waals surface area (Å²) in [5.41, 5.74) is 0.595. The van der Waals surface area contributed by atoms with Gasteiger partial charge < -0.3 is 24.3 Å². The molecule has 1 N–H and O–H groups in total. The number of nitrogens with zero attached hydrogens (tertiary/aromatic N) is 4. The van der Waals surface area contributed by atoms with Crippen LogP contribution in [0.2, 0.25) is 0 Å². The first-order valence-corrected chi connectivity index (χ1v) is 10.0. The third-order valence-corrected chi connectivity index (χ3v) is 6.94. The Morgan fingerprint density at radius 2 is 1.96 bits per heavy atom. The van der Waals surface area contributed by atoms with Crippen LogP contribution >= 0.6 is 0 Å². The van der Waals surface area contributed by atoms with E-state index in [0.717, 1.165) is 0 Å². The van der Waals surface area contributed by atoms with Crippen molar-refractivity contribution in [1.82, 2.24) is 19.7 Å². The summed E-state index contributed by atoms with van der Waals surface area (Å²) in [4.78, 5) is 14.1. The molecule has 144 valence electrons. The van der Waals surface area contributed by atoms with E-state index < -0.39 is 15.1 Å². The highest BCUT2D eigenvalue weighted by molar-refractivity contribution is 7.91. The predicted octanol–water partition coefficient (Wildman–Crippen LogP) is 1.01. The molecule has 0 spiro atoms. The molecule has 1 aromatic carbocycles. The first-order valence-electron chi connectivity index (χ1n) is 8.48. The van der Waals surface area contributed by atoms with Crippen LogP contribution in [-0.4, -0.2) is 59.2 Å². The number of hydrogen-bond acceptors (Lipinski definition) is 7. The van der Waals surface area contributed by atoms with Crippen LogP contribution in [0.1, 0.15) is 12.8 Å². The van der Waals surface area contributed by atoms with Crippen LogP contribution in [-0.2, 0) is 16.9 Å². The van der Waals surface area contributed by atoms with Crippen LogP contribution in [0.15, 0.2) is 29.7 Å². The van der Waals surface area contributed by atoms with E-state index in [-0.39, 0.29) is 18.0 Å². The number of carbonyl (C=O) groups is 1. The van der Waals surface area contributed by atoms with E-state index in [0.29, 0.717) is 43.1 Å². The molecule has 2 aromatic rings. The second kappa shape index (κ2) is 6.72. The molecule has 2 aliphatic heterocycles. The van der Waals surface area contributed by atoms with Gasteiger partial charge in [-0.1, -0.05) is 0 Å². The average molecular weight is 393 g/mol. The van der Waals surface area contributed by atoms with Gasteiger partial charge in [-0.25, -0.2) is 13.2 Å². The third-order valence-electron chi connectivity index (χ3n) is 4.72. The molecule has 1 fully saturated rings. The number of likely N-dealkylation sites (tertiary alicyclic amines) is 1. The van der Waals surface area contributed by atoms with Crippen molar-refractivity contribution in [3.63, 3.8) is 0 Å². The fraction of sp³-hybridized carbons (Fsp3) is 0.438. The minimum absolute atomic E-state index is 0.0363. The van der Waals surface area contributed by atoms with Crippen molar-refractivity contribution in [1.29, 1.82) is 0 Å². The molecule has 10 nitrogen and oxygen atoms in total. The lowest BCUT2D eigenvalue weighted by atomic mass is 10.1. The molecule has 0 bridgehead atoms. The van der Waals surface area contributed by atoms with Crippen LogP contribution in [0.25, 0.3) is 0 Å². The molecule has 4 rings (SSSR count). The largest absolute Gasteiger partial charge is 0.454 e. The smallest absolute Gasteiger partial charge is 0.321 e. The van der Waals surface area contributed by atoms with E-state index in [4.69, 9.17) is 9.47 Å². The summed E-state index contributed by atoms with van der Waals surface area (Å²) in [6.07, 6.45) is 2.06. The lowest BCUT2D eigenvalue weighted by Gasteiger charge is -2.31. The Kier molecular flexibility index (Phi) is 4.38. The molecule has 0 unspecified atom stereocenters. The Morgan fingerprint density at radius 1 is 1.22 bits per heavy atom. The number of urea groups is 1. The van der Waals surface area contributed by atoms with Crippen LogP contribution < -0.4 is 14.8 Å². The number of sulfone groups is 1. The molecule has 0 atom stereocenters. The Morgan fingerprint density at radius 3 is 2.67 bits per heavy atom. The van der Waals surface area contributed by atoms with Gasteiger partial charge in [-0.3, -0.25) is 0 Å². The molecule has 11 heteroatoms. The molecular formula is C16H19N5O5S. The molecule has 0 radical (unpaired) electrons. The van der Waals surface area contributed by atoms with Crippen molar-refractivity contribution >= 4 is 21.6 Å². The average Bonchev–Trinajstić information content (AvgIpc) is 3.30. The first kappa shape index (κ1) is 17.6. The lowest BCUT2D eigenvalue weighted by molar-refractivity contribution is 0.174. The number of rotatable bonds is 3.